The molecule has 2 aromatic rings. The summed E-state index contributed by atoms with van der Waals surface area (Å²) in [5.74, 6) is 0.479. The fraction of sp³-hybridized carbons (Fsp3) is 0.318. The lowest BCUT2D eigenvalue weighted by Gasteiger charge is -2.08. The molecule has 0 bridgehead atoms. The summed E-state index contributed by atoms with van der Waals surface area (Å²) >= 11 is 0. The second kappa shape index (κ2) is 10.3. The molecule has 0 amide bonds. The van der Waals surface area contributed by atoms with Crippen molar-refractivity contribution >= 4 is 17.6 Å². The molecular weight excluding hydrogens is 328 g/mol. The second-order valence-corrected chi connectivity index (χ2v) is 6.07. The summed E-state index contributed by atoms with van der Waals surface area (Å²) in [4.78, 5) is 11.7. The average Bonchev–Trinajstić information content (AvgIpc) is 2.66. The number of aliphatic carboxylic acids is 1. The lowest BCUT2D eigenvalue weighted by Crippen LogP contribution is -2.00. The van der Waals surface area contributed by atoms with E-state index in [0.717, 1.165) is 24.2 Å². The van der Waals surface area contributed by atoms with E-state index in [1.807, 2.05) is 24.3 Å². The minimum absolute atomic E-state index is 0.229. The molecular formula is C22H26O4. The molecule has 0 aliphatic rings. The molecule has 4 nitrogen and oxygen atoms in total. The highest BCUT2D eigenvalue weighted by Crippen LogP contribution is 2.23. The smallest absolute Gasteiger partial charge is 0.336 e. The molecule has 0 saturated heterocycles. The third-order valence-electron chi connectivity index (χ3n) is 4.07. The van der Waals surface area contributed by atoms with Gasteiger partial charge in [-0.2, -0.15) is 0 Å². The zero-order valence-electron chi connectivity index (χ0n) is 15.4. The van der Waals surface area contributed by atoms with Crippen LogP contribution < -0.4 is 9.47 Å². The summed E-state index contributed by atoms with van der Waals surface area (Å²) in [6, 6.07) is 14.5. The Morgan fingerprint density at radius 2 is 1.81 bits per heavy atom. The fourth-order valence-electron chi connectivity index (χ4n) is 2.62. The van der Waals surface area contributed by atoms with E-state index in [2.05, 4.69) is 6.92 Å². The lowest BCUT2D eigenvalue weighted by atomic mass is 10.0. The highest BCUT2D eigenvalue weighted by Gasteiger charge is 2.11. The first-order valence-electron chi connectivity index (χ1n) is 8.96. The highest BCUT2D eigenvalue weighted by molar-refractivity contribution is 6.20. The molecule has 0 spiro atoms. The Morgan fingerprint density at radius 3 is 2.46 bits per heavy atom. The highest BCUT2D eigenvalue weighted by atomic mass is 16.5. The largest absolute Gasteiger partial charge is 0.497 e. The van der Waals surface area contributed by atoms with Gasteiger partial charge in [-0.15, -0.1) is 0 Å². The van der Waals surface area contributed by atoms with Gasteiger partial charge in [0.1, 0.15) is 11.5 Å². The summed E-state index contributed by atoms with van der Waals surface area (Å²) in [6.07, 6.45) is 6.27. The summed E-state index contributed by atoms with van der Waals surface area (Å²) in [5, 5.41) is 9.58. The van der Waals surface area contributed by atoms with Crippen LogP contribution in [0, 0.1) is 0 Å². The maximum absolute atomic E-state index is 11.7. The van der Waals surface area contributed by atoms with Crippen LogP contribution in [0.4, 0.5) is 0 Å². The Hall–Kier alpha value is -2.75. The first-order valence-corrected chi connectivity index (χ1v) is 8.96. The zero-order valence-corrected chi connectivity index (χ0v) is 15.4. The van der Waals surface area contributed by atoms with Crippen molar-refractivity contribution in [2.24, 2.45) is 0 Å². The lowest BCUT2D eigenvalue weighted by molar-refractivity contribution is -0.130. The van der Waals surface area contributed by atoms with Gasteiger partial charge in [0.15, 0.2) is 0 Å². The predicted molar refractivity (Wildman–Crippen MR) is 105 cm³/mol. The van der Waals surface area contributed by atoms with Crippen molar-refractivity contribution in [3.05, 3.63) is 59.7 Å². The van der Waals surface area contributed by atoms with Gasteiger partial charge in [-0.1, -0.05) is 50.5 Å². The van der Waals surface area contributed by atoms with Crippen LogP contribution in [0.25, 0.3) is 11.6 Å². The van der Waals surface area contributed by atoms with Crippen molar-refractivity contribution in [3.8, 4) is 11.5 Å². The van der Waals surface area contributed by atoms with Gasteiger partial charge in [0.05, 0.1) is 19.3 Å². The second-order valence-electron chi connectivity index (χ2n) is 6.07. The quantitative estimate of drug-likeness (QED) is 0.358. The molecule has 0 atom stereocenters. The number of carboxylic acid groups (broad SMARTS) is 1. The van der Waals surface area contributed by atoms with E-state index in [4.69, 9.17) is 9.47 Å². The molecule has 1 N–H and O–H groups in total. The molecule has 0 saturated carbocycles. The molecule has 0 aliphatic carbocycles. The molecule has 0 radical (unpaired) electrons. The number of benzene rings is 2. The molecule has 0 fully saturated rings. The van der Waals surface area contributed by atoms with Gasteiger partial charge in [0.2, 0.25) is 0 Å². The van der Waals surface area contributed by atoms with E-state index in [9.17, 15) is 9.90 Å². The average molecular weight is 354 g/mol. The number of unbranched alkanes of at least 4 members (excludes halogenated alkanes) is 3. The van der Waals surface area contributed by atoms with Crippen LogP contribution in [0.15, 0.2) is 48.5 Å². The van der Waals surface area contributed by atoms with E-state index in [0.29, 0.717) is 17.9 Å². The van der Waals surface area contributed by atoms with Crippen LogP contribution in [-0.2, 0) is 4.79 Å². The van der Waals surface area contributed by atoms with Gasteiger partial charge in [-0.3, -0.25) is 0 Å². The van der Waals surface area contributed by atoms with E-state index >= 15 is 0 Å². The summed E-state index contributed by atoms with van der Waals surface area (Å²) in [7, 11) is 1.58. The van der Waals surface area contributed by atoms with Gasteiger partial charge in [-0.25, -0.2) is 4.79 Å². The Balaban J connectivity index is 2.13. The number of ether oxygens (including phenoxy) is 2. The molecule has 0 unspecified atom stereocenters. The standard InChI is InChI=1S/C22H26O4/c1-3-4-5-6-14-26-20-9-7-8-17(15-20)16-21(22(23)24)18-10-12-19(25-2)13-11-18/h7-13,15-16H,3-6,14H2,1-2H3,(H,23,24)/b21-16-. The van der Waals surface area contributed by atoms with Gasteiger partial charge in [-0.05, 0) is 47.9 Å². The number of hydrogen-bond acceptors (Lipinski definition) is 3. The Bertz CT molecular complexity index is 732. The molecule has 0 aliphatic heterocycles. The van der Waals surface area contributed by atoms with Gasteiger partial charge >= 0.3 is 5.97 Å². The van der Waals surface area contributed by atoms with Gasteiger partial charge in [0.25, 0.3) is 0 Å². The minimum Gasteiger partial charge on any atom is -0.497 e. The number of methoxy groups -OCH3 is 1. The van der Waals surface area contributed by atoms with Crippen LogP contribution in [0.3, 0.4) is 0 Å². The predicted octanol–water partition coefficient (Wildman–Crippen LogP) is 5.28. The van der Waals surface area contributed by atoms with E-state index < -0.39 is 5.97 Å². The van der Waals surface area contributed by atoms with Crippen LogP contribution in [0.2, 0.25) is 0 Å². The van der Waals surface area contributed by atoms with Crippen molar-refractivity contribution in [1.82, 2.24) is 0 Å². The maximum atomic E-state index is 11.7. The van der Waals surface area contributed by atoms with Crippen LogP contribution in [0.5, 0.6) is 11.5 Å². The SMILES string of the molecule is CCCCCCOc1cccc(/C=C(\C(=O)O)c2ccc(OC)cc2)c1. The third kappa shape index (κ3) is 5.96. The molecule has 138 valence electrons. The Morgan fingerprint density at radius 1 is 1.04 bits per heavy atom. The maximum Gasteiger partial charge on any atom is 0.336 e. The monoisotopic (exact) mass is 354 g/mol. The summed E-state index contributed by atoms with van der Waals surface area (Å²) in [6.45, 7) is 2.86. The van der Waals surface area contributed by atoms with Crippen molar-refractivity contribution < 1.29 is 19.4 Å². The Kier molecular flexibility index (Phi) is 7.75. The Labute approximate surface area is 155 Å². The van der Waals surface area contributed by atoms with E-state index in [1.165, 1.54) is 12.8 Å². The van der Waals surface area contributed by atoms with Crippen molar-refractivity contribution in [1.29, 1.82) is 0 Å². The number of rotatable bonds is 10. The molecule has 0 heterocycles. The van der Waals surface area contributed by atoms with E-state index in [1.54, 1.807) is 37.5 Å². The van der Waals surface area contributed by atoms with Gasteiger partial charge in [0, 0.05) is 0 Å². The van der Waals surface area contributed by atoms with E-state index in [-0.39, 0.29) is 5.57 Å². The van der Waals surface area contributed by atoms with Crippen molar-refractivity contribution in [3.63, 3.8) is 0 Å². The normalized spacial score (nSPS) is 11.2. The minimum atomic E-state index is -0.971. The molecule has 0 aromatic heterocycles. The molecule has 4 heteroatoms. The summed E-state index contributed by atoms with van der Waals surface area (Å²) in [5.41, 5.74) is 1.65. The third-order valence-corrected chi connectivity index (χ3v) is 4.07. The molecule has 2 rings (SSSR count). The van der Waals surface area contributed by atoms with Crippen LogP contribution in [0.1, 0.15) is 43.7 Å². The van der Waals surface area contributed by atoms with Crippen LogP contribution >= 0.6 is 0 Å². The van der Waals surface area contributed by atoms with Crippen molar-refractivity contribution in [2.45, 2.75) is 32.6 Å². The first-order chi connectivity index (χ1) is 12.6. The summed E-state index contributed by atoms with van der Waals surface area (Å²) < 4.78 is 10.9. The van der Waals surface area contributed by atoms with Gasteiger partial charge < -0.3 is 14.6 Å². The zero-order chi connectivity index (χ0) is 18.8. The first kappa shape index (κ1) is 19.6. The number of carbonyl (C=O) groups is 1. The number of hydrogen-bond donors (Lipinski definition) is 1. The number of carboxylic acids is 1. The van der Waals surface area contributed by atoms with Crippen molar-refractivity contribution in [2.75, 3.05) is 13.7 Å². The fourth-order valence-corrected chi connectivity index (χ4v) is 2.62. The topological polar surface area (TPSA) is 55.8 Å². The molecule has 26 heavy (non-hydrogen) atoms. The molecule has 2 aromatic carbocycles. The van der Waals surface area contributed by atoms with Crippen LogP contribution in [-0.4, -0.2) is 24.8 Å².